The lowest BCUT2D eigenvalue weighted by atomic mass is 9.83. The molecule has 0 aliphatic heterocycles. The predicted molar refractivity (Wildman–Crippen MR) is 108 cm³/mol. The van der Waals surface area contributed by atoms with E-state index in [1.807, 2.05) is 18.2 Å². The lowest BCUT2D eigenvalue weighted by Gasteiger charge is -2.41. The van der Waals surface area contributed by atoms with Gasteiger partial charge in [0.1, 0.15) is 0 Å². The number of halogens is 6. The third-order valence-electron chi connectivity index (χ3n) is 3.32. The zero-order valence-electron chi connectivity index (χ0n) is 12.9. The Morgan fingerprint density at radius 1 is 0.760 bits per heavy atom. The van der Waals surface area contributed by atoms with E-state index in [2.05, 4.69) is 19.1 Å². The van der Waals surface area contributed by atoms with Crippen LogP contribution in [0, 0.1) is 6.92 Å². The third-order valence-corrected chi connectivity index (χ3v) is 5.02. The van der Waals surface area contributed by atoms with Crippen molar-refractivity contribution in [1.29, 1.82) is 0 Å². The van der Waals surface area contributed by atoms with Crippen LogP contribution in [-0.2, 0) is 10.2 Å². The van der Waals surface area contributed by atoms with Gasteiger partial charge in [-0.05, 0) is 12.5 Å². The lowest BCUT2D eigenvalue weighted by molar-refractivity contribution is -0.143. The lowest BCUT2D eigenvalue weighted by Crippen LogP contribution is -2.56. The van der Waals surface area contributed by atoms with Gasteiger partial charge in [-0.2, -0.15) is 0 Å². The van der Waals surface area contributed by atoms with Gasteiger partial charge in [-0.3, -0.25) is 4.79 Å². The Hall–Kier alpha value is -0.350. The molecule has 0 fully saturated rings. The van der Waals surface area contributed by atoms with Crippen molar-refractivity contribution >= 4 is 75.6 Å². The van der Waals surface area contributed by atoms with Crippen LogP contribution in [-0.4, -0.2) is 18.7 Å². The molecule has 0 spiro atoms. The van der Waals surface area contributed by atoms with Gasteiger partial charge in [-0.15, -0.1) is 0 Å². The molecule has 136 valence electrons. The van der Waals surface area contributed by atoms with Crippen LogP contribution in [0.5, 0.6) is 0 Å². The minimum Gasteiger partial charge on any atom is -0.480 e. The van der Waals surface area contributed by atoms with Gasteiger partial charge in [-0.1, -0.05) is 136 Å². The second-order valence-electron chi connectivity index (χ2n) is 5.07. The van der Waals surface area contributed by atoms with Crippen molar-refractivity contribution in [2.45, 2.75) is 19.9 Å². The number of carbonyl (C=O) groups is 1. The average Bonchev–Trinajstić information content (AvgIpc) is 2.47. The van der Waals surface area contributed by atoms with Crippen LogP contribution in [0.2, 0.25) is 0 Å². The Labute approximate surface area is 176 Å². The SMILES string of the molecule is Cc1ccccc1.O=C(O)C(c1ccccc1)(C(Cl)(Cl)Cl)C(Cl)(Cl)Cl. The standard InChI is InChI=1S/C10H6Cl6O2.C7H8/c11-9(12,13)8(7(17)18,10(14,15)16)6-4-2-1-3-5-6;1-7-5-3-2-4-6-7/h1-5H,(H,17,18);2-6H,1H3. The Morgan fingerprint density at radius 3 is 1.36 bits per heavy atom. The van der Waals surface area contributed by atoms with Crippen LogP contribution in [0.4, 0.5) is 0 Å². The second-order valence-corrected chi connectivity index (χ2v) is 9.63. The van der Waals surface area contributed by atoms with Crippen LogP contribution in [0.25, 0.3) is 0 Å². The first-order valence-corrected chi connectivity index (χ1v) is 9.15. The van der Waals surface area contributed by atoms with Gasteiger partial charge in [0.2, 0.25) is 7.59 Å². The highest BCUT2D eigenvalue weighted by Crippen LogP contribution is 2.58. The summed E-state index contributed by atoms with van der Waals surface area (Å²) in [4.78, 5) is 11.6. The molecule has 0 aliphatic carbocycles. The fourth-order valence-corrected chi connectivity index (χ4v) is 4.50. The van der Waals surface area contributed by atoms with Crippen LogP contribution >= 0.6 is 69.6 Å². The summed E-state index contributed by atoms with van der Waals surface area (Å²) in [5.74, 6) is -1.55. The molecule has 0 atom stereocenters. The number of carboxylic acid groups (broad SMARTS) is 1. The summed E-state index contributed by atoms with van der Waals surface area (Å²) in [6, 6.07) is 17.9. The van der Waals surface area contributed by atoms with E-state index in [9.17, 15) is 9.90 Å². The summed E-state index contributed by atoms with van der Waals surface area (Å²) in [5, 5.41) is 9.44. The van der Waals surface area contributed by atoms with Gasteiger partial charge in [0.25, 0.3) is 0 Å². The first-order chi connectivity index (χ1) is 11.4. The van der Waals surface area contributed by atoms with E-state index in [4.69, 9.17) is 69.6 Å². The van der Waals surface area contributed by atoms with E-state index >= 15 is 0 Å². The van der Waals surface area contributed by atoms with E-state index < -0.39 is 19.0 Å². The van der Waals surface area contributed by atoms with Crippen LogP contribution in [0.15, 0.2) is 60.7 Å². The third kappa shape index (κ3) is 5.32. The number of hydrogen-bond acceptors (Lipinski definition) is 1. The van der Waals surface area contributed by atoms with Gasteiger partial charge in [0, 0.05) is 0 Å². The molecule has 0 amide bonds. The molecule has 0 aromatic heterocycles. The number of hydrogen-bond donors (Lipinski definition) is 1. The predicted octanol–water partition coefficient (Wildman–Crippen LogP) is 6.74. The van der Waals surface area contributed by atoms with Crippen LogP contribution in [0.3, 0.4) is 0 Å². The van der Waals surface area contributed by atoms with Gasteiger partial charge < -0.3 is 5.11 Å². The largest absolute Gasteiger partial charge is 0.480 e. The molecule has 2 aromatic rings. The van der Waals surface area contributed by atoms with Gasteiger partial charge in [-0.25, -0.2) is 0 Å². The first kappa shape index (κ1) is 22.7. The maximum absolute atomic E-state index is 11.6. The van der Waals surface area contributed by atoms with Crippen molar-refractivity contribution in [2.24, 2.45) is 0 Å². The molecule has 2 aromatic carbocycles. The molecule has 1 N–H and O–H groups in total. The molecular formula is C17H14Cl6O2. The number of alkyl halides is 6. The zero-order valence-corrected chi connectivity index (χ0v) is 17.4. The van der Waals surface area contributed by atoms with Crippen molar-refractivity contribution in [1.82, 2.24) is 0 Å². The van der Waals surface area contributed by atoms with Crippen molar-refractivity contribution in [3.8, 4) is 0 Å². The number of aryl methyl sites for hydroxylation is 1. The smallest absolute Gasteiger partial charge is 0.323 e. The molecule has 2 nitrogen and oxygen atoms in total. The highest BCUT2D eigenvalue weighted by atomic mass is 35.6. The summed E-state index contributed by atoms with van der Waals surface area (Å²) in [6.07, 6.45) is 0. The van der Waals surface area contributed by atoms with E-state index in [-0.39, 0.29) is 5.56 Å². The summed E-state index contributed by atoms with van der Waals surface area (Å²) in [5.41, 5.74) is -0.920. The van der Waals surface area contributed by atoms with E-state index in [1.54, 1.807) is 18.2 Å². The Kier molecular flexibility index (Phi) is 8.20. The molecule has 0 aliphatic rings. The summed E-state index contributed by atoms with van der Waals surface area (Å²) < 4.78 is -4.71. The van der Waals surface area contributed by atoms with Crippen molar-refractivity contribution in [3.05, 3.63) is 71.8 Å². The summed E-state index contributed by atoms with van der Waals surface area (Å²) in [7, 11) is 0. The van der Waals surface area contributed by atoms with Gasteiger partial charge in [0.05, 0.1) is 0 Å². The molecule has 0 bridgehead atoms. The summed E-state index contributed by atoms with van der Waals surface area (Å²) >= 11 is 34.6. The molecule has 0 saturated heterocycles. The van der Waals surface area contributed by atoms with E-state index in [0.29, 0.717) is 0 Å². The number of carboxylic acids is 1. The fourth-order valence-electron chi connectivity index (χ4n) is 2.08. The molecule has 0 radical (unpaired) electrons. The quantitative estimate of drug-likeness (QED) is 0.501. The topological polar surface area (TPSA) is 37.3 Å². The maximum atomic E-state index is 11.6. The van der Waals surface area contributed by atoms with Gasteiger partial charge in [0.15, 0.2) is 5.41 Å². The average molecular weight is 463 g/mol. The molecule has 2 rings (SSSR count). The highest BCUT2D eigenvalue weighted by Gasteiger charge is 2.67. The van der Waals surface area contributed by atoms with Crippen molar-refractivity contribution in [2.75, 3.05) is 0 Å². The van der Waals surface area contributed by atoms with Crippen molar-refractivity contribution in [3.63, 3.8) is 0 Å². The summed E-state index contributed by atoms with van der Waals surface area (Å²) in [6.45, 7) is 2.08. The maximum Gasteiger partial charge on any atom is 0.323 e. The Balaban J connectivity index is 0.000000370. The highest BCUT2D eigenvalue weighted by molar-refractivity contribution is 6.75. The second kappa shape index (κ2) is 9.03. The van der Waals surface area contributed by atoms with E-state index in [1.165, 1.54) is 17.7 Å². The molecule has 0 saturated carbocycles. The molecular weight excluding hydrogens is 449 g/mol. The normalized spacial score (nSPS) is 12.1. The van der Waals surface area contributed by atoms with Crippen molar-refractivity contribution < 1.29 is 9.90 Å². The van der Waals surface area contributed by atoms with E-state index in [0.717, 1.165) is 0 Å². The van der Waals surface area contributed by atoms with Crippen LogP contribution < -0.4 is 0 Å². The number of rotatable bonds is 2. The molecule has 0 heterocycles. The Morgan fingerprint density at radius 2 is 1.12 bits per heavy atom. The van der Waals surface area contributed by atoms with Gasteiger partial charge >= 0.3 is 5.97 Å². The minimum atomic E-state index is -2.36. The molecule has 0 unspecified atom stereocenters. The first-order valence-electron chi connectivity index (χ1n) is 6.88. The Bertz CT molecular complexity index is 664. The molecule has 8 heteroatoms. The van der Waals surface area contributed by atoms with Crippen LogP contribution in [0.1, 0.15) is 11.1 Å². The molecule has 25 heavy (non-hydrogen) atoms. The zero-order chi connectivity index (χ0) is 19.3. The number of benzene rings is 2. The number of aliphatic carboxylic acids is 1. The monoisotopic (exact) mass is 460 g/mol. The fraction of sp³-hybridized carbons (Fsp3) is 0.235. The minimum absolute atomic E-state index is 0.0810.